The molecule has 6 rings (SSSR count). The third-order valence-corrected chi connectivity index (χ3v) is 5.78. The maximum absolute atomic E-state index is 4.81. The number of hydrogen-bond donors (Lipinski definition) is 0. The number of rotatable bonds is 3. The molecule has 4 heteroatoms. The lowest BCUT2D eigenvalue weighted by molar-refractivity contribution is 0.962. The standard InChI is InChI=1S/C27H20N4/c1-19-18-28-31-13-11-23(16-27(19)31)21-8-5-9-24(14-21)26-17-25-15-22(10-12-30(25)29-26)20-6-3-2-4-7-20/h2-18H,1H3. The van der Waals surface area contributed by atoms with Crippen molar-refractivity contribution in [3.05, 3.63) is 109 Å². The molecule has 0 saturated carbocycles. The predicted octanol–water partition coefficient (Wildman–Crippen LogP) is 6.29. The van der Waals surface area contributed by atoms with Gasteiger partial charge in [-0.3, -0.25) is 0 Å². The first-order valence-electron chi connectivity index (χ1n) is 10.3. The van der Waals surface area contributed by atoms with E-state index in [1.807, 2.05) is 33.7 Å². The minimum absolute atomic E-state index is 0.966. The van der Waals surface area contributed by atoms with Crippen LogP contribution in [0.5, 0.6) is 0 Å². The molecule has 0 N–H and O–H groups in total. The molecule has 0 aliphatic carbocycles. The maximum atomic E-state index is 4.81. The molecule has 4 aromatic heterocycles. The maximum Gasteiger partial charge on any atom is 0.0933 e. The van der Waals surface area contributed by atoms with Gasteiger partial charge in [0.2, 0.25) is 0 Å². The molecule has 0 bridgehead atoms. The molecule has 0 aliphatic heterocycles. The highest BCUT2D eigenvalue weighted by atomic mass is 15.2. The lowest BCUT2D eigenvalue weighted by Crippen LogP contribution is -1.89. The predicted molar refractivity (Wildman–Crippen MR) is 125 cm³/mol. The summed E-state index contributed by atoms with van der Waals surface area (Å²) in [6.07, 6.45) is 5.94. The highest BCUT2D eigenvalue weighted by Crippen LogP contribution is 2.29. The van der Waals surface area contributed by atoms with E-state index in [0.717, 1.165) is 22.3 Å². The molecule has 6 aromatic rings. The lowest BCUT2D eigenvalue weighted by Gasteiger charge is -2.05. The van der Waals surface area contributed by atoms with Gasteiger partial charge in [-0.15, -0.1) is 0 Å². The van der Waals surface area contributed by atoms with Gasteiger partial charge >= 0.3 is 0 Å². The van der Waals surface area contributed by atoms with Gasteiger partial charge in [0.15, 0.2) is 0 Å². The first-order valence-corrected chi connectivity index (χ1v) is 10.3. The van der Waals surface area contributed by atoms with E-state index in [0.29, 0.717) is 0 Å². The largest absolute Gasteiger partial charge is 0.241 e. The minimum Gasteiger partial charge on any atom is -0.241 e. The van der Waals surface area contributed by atoms with Crippen molar-refractivity contribution in [2.45, 2.75) is 6.92 Å². The van der Waals surface area contributed by atoms with E-state index in [1.54, 1.807) is 0 Å². The summed E-state index contributed by atoms with van der Waals surface area (Å²) in [5.74, 6) is 0. The Kier molecular flexibility index (Phi) is 3.96. The second-order valence-corrected chi connectivity index (χ2v) is 7.83. The Labute approximate surface area is 180 Å². The molecule has 31 heavy (non-hydrogen) atoms. The van der Waals surface area contributed by atoms with Gasteiger partial charge in [0.05, 0.1) is 22.9 Å². The Bertz CT molecular complexity index is 1540. The Morgan fingerprint density at radius 1 is 0.613 bits per heavy atom. The monoisotopic (exact) mass is 400 g/mol. The van der Waals surface area contributed by atoms with Gasteiger partial charge in [0.25, 0.3) is 0 Å². The molecule has 148 valence electrons. The number of fused-ring (bicyclic) bond motifs is 2. The van der Waals surface area contributed by atoms with Crippen LogP contribution in [0.25, 0.3) is 44.5 Å². The third kappa shape index (κ3) is 3.09. The second-order valence-electron chi connectivity index (χ2n) is 7.83. The zero-order valence-corrected chi connectivity index (χ0v) is 17.1. The third-order valence-electron chi connectivity index (χ3n) is 5.78. The summed E-state index contributed by atoms with van der Waals surface area (Å²) in [5, 5.41) is 9.19. The summed E-state index contributed by atoms with van der Waals surface area (Å²) in [4.78, 5) is 0. The molecule has 4 nitrogen and oxygen atoms in total. The minimum atomic E-state index is 0.966. The normalized spacial score (nSPS) is 11.4. The number of pyridine rings is 2. The van der Waals surface area contributed by atoms with E-state index in [-0.39, 0.29) is 0 Å². The summed E-state index contributed by atoms with van der Waals surface area (Å²) >= 11 is 0. The van der Waals surface area contributed by atoms with Crippen LogP contribution in [0.2, 0.25) is 0 Å². The van der Waals surface area contributed by atoms with Gasteiger partial charge in [-0.1, -0.05) is 48.5 Å². The molecular formula is C27H20N4. The molecule has 0 amide bonds. The fourth-order valence-corrected chi connectivity index (χ4v) is 4.09. The van der Waals surface area contributed by atoms with Crippen molar-refractivity contribution in [3.63, 3.8) is 0 Å². The summed E-state index contributed by atoms with van der Waals surface area (Å²) in [6.45, 7) is 2.09. The Balaban J connectivity index is 1.40. The van der Waals surface area contributed by atoms with Crippen LogP contribution in [0, 0.1) is 6.92 Å². The summed E-state index contributed by atoms with van der Waals surface area (Å²) in [6, 6.07) is 29.7. The van der Waals surface area contributed by atoms with Crippen molar-refractivity contribution in [1.82, 2.24) is 19.2 Å². The molecule has 0 aliphatic rings. The van der Waals surface area contributed by atoms with E-state index in [2.05, 4.69) is 90.9 Å². The van der Waals surface area contributed by atoms with Crippen LogP contribution in [0.3, 0.4) is 0 Å². The van der Waals surface area contributed by atoms with Gasteiger partial charge in [0.1, 0.15) is 0 Å². The molecule has 0 atom stereocenters. The Morgan fingerprint density at radius 2 is 1.32 bits per heavy atom. The fraction of sp³-hybridized carbons (Fsp3) is 0.0370. The van der Waals surface area contributed by atoms with Crippen LogP contribution in [0.4, 0.5) is 0 Å². The number of benzene rings is 2. The molecule has 4 heterocycles. The molecule has 0 saturated heterocycles. The van der Waals surface area contributed by atoms with Crippen molar-refractivity contribution in [2.75, 3.05) is 0 Å². The first-order chi connectivity index (χ1) is 15.2. The number of aromatic nitrogens is 4. The number of nitrogens with zero attached hydrogens (tertiary/aromatic N) is 4. The van der Waals surface area contributed by atoms with Crippen LogP contribution in [0.15, 0.2) is 104 Å². The highest BCUT2D eigenvalue weighted by Gasteiger charge is 2.09. The molecule has 0 unspecified atom stereocenters. The molecular weight excluding hydrogens is 380 g/mol. The summed E-state index contributed by atoms with van der Waals surface area (Å²) in [5.41, 5.74) is 10.2. The summed E-state index contributed by atoms with van der Waals surface area (Å²) in [7, 11) is 0. The van der Waals surface area contributed by atoms with Crippen LogP contribution in [0.1, 0.15) is 5.56 Å². The molecule has 0 spiro atoms. The zero-order valence-electron chi connectivity index (χ0n) is 17.1. The molecule has 2 aromatic carbocycles. The quantitative estimate of drug-likeness (QED) is 0.350. The van der Waals surface area contributed by atoms with Gasteiger partial charge in [-0.25, -0.2) is 9.03 Å². The van der Waals surface area contributed by atoms with Crippen molar-refractivity contribution in [2.24, 2.45) is 0 Å². The van der Waals surface area contributed by atoms with Gasteiger partial charge in [0, 0.05) is 18.0 Å². The zero-order chi connectivity index (χ0) is 20.8. The van der Waals surface area contributed by atoms with E-state index < -0.39 is 0 Å². The average molecular weight is 400 g/mol. The second kappa shape index (κ2) is 6.96. The van der Waals surface area contributed by atoms with Crippen molar-refractivity contribution in [1.29, 1.82) is 0 Å². The highest BCUT2D eigenvalue weighted by molar-refractivity contribution is 5.77. The van der Waals surface area contributed by atoms with Crippen molar-refractivity contribution in [3.8, 4) is 33.5 Å². The summed E-state index contributed by atoms with van der Waals surface area (Å²) < 4.78 is 3.85. The van der Waals surface area contributed by atoms with E-state index in [9.17, 15) is 0 Å². The van der Waals surface area contributed by atoms with Crippen LogP contribution in [-0.2, 0) is 0 Å². The molecule has 0 radical (unpaired) electrons. The smallest absolute Gasteiger partial charge is 0.0933 e. The van der Waals surface area contributed by atoms with Crippen LogP contribution < -0.4 is 0 Å². The van der Waals surface area contributed by atoms with Crippen molar-refractivity contribution < 1.29 is 0 Å². The SMILES string of the molecule is Cc1cnn2ccc(-c3cccc(-c4cc5cc(-c6ccccc6)ccn5n4)c3)cc12. The van der Waals surface area contributed by atoms with Crippen LogP contribution >= 0.6 is 0 Å². The van der Waals surface area contributed by atoms with E-state index in [1.165, 1.54) is 27.8 Å². The topological polar surface area (TPSA) is 34.6 Å². The van der Waals surface area contributed by atoms with E-state index in [4.69, 9.17) is 5.10 Å². The van der Waals surface area contributed by atoms with Gasteiger partial charge in [-0.05, 0) is 71.1 Å². The average Bonchev–Trinajstić information content (AvgIpc) is 3.42. The van der Waals surface area contributed by atoms with Gasteiger partial charge in [-0.2, -0.15) is 10.2 Å². The lowest BCUT2D eigenvalue weighted by atomic mass is 10.0. The molecule has 0 fully saturated rings. The first kappa shape index (κ1) is 17.7. The van der Waals surface area contributed by atoms with Crippen molar-refractivity contribution >= 4 is 11.0 Å². The van der Waals surface area contributed by atoms with Crippen LogP contribution in [-0.4, -0.2) is 19.2 Å². The van der Waals surface area contributed by atoms with Gasteiger partial charge < -0.3 is 0 Å². The van der Waals surface area contributed by atoms with E-state index >= 15 is 0 Å². The Morgan fingerprint density at radius 3 is 2.19 bits per heavy atom. The fourth-order valence-electron chi connectivity index (χ4n) is 4.09. The Hall–Kier alpha value is -4.18. The number of hydrogen-bond acceptors (Lipinski definition) is 2. The number of aryl methyl sites for hydroxylation is 1.